The Balaban J connectivity index is 2.18. The predicted octanol–water partition coefficient (Wildman–Crippen LogP) is 1.88. The highest BCUT2D eigenvalue weighted by Gasteiger charge is 2.17. The third-order valence-electron chi connectivity index (χ3n) is 3.03. The fourth-order valence-corrected chi connectivity index (χ4v) is 2.25. The molecule has 1 aliphatic rings. The van der Waals surface area contributed by atoms with Gasteiger partial charge in [-0.3, -0.25) is 0 Å². The van der Waals surface area contributed by atoms with Crippen molar-refractivity contribution in [1.82, 2.24) is 10.2 Å². The van der Waals surface area contributed by atoms with Gasteiger partial charge in [0.25, 0.3) is 0 Å². The van der Waals surface area contributed by atoms with Crippen molar-refractivity contribution in [2.24, 2.45) is 5.92 Å². The molecule has 2 nitrogen and oxygen atoms in total. The van der Waals surface area contributed by atoms with Crippen molar-refractivity contribution in [1.29, 1.82) is 0 Å². The molecule has 0 bridgehead atoms. The van der Waals surface area contributed by atoms with Gasteiger partial charge in [0.15, 0.2) is 0 Å². The van der Waals surface area contributed by atoms with Gasteiger partial charge < -0.3 is 10.2 Å². The van der Waals surface area contributed by atoms with Crippen LogP contribution in [0, 0.1) is 5.92 Å². The van der Waals surface area contributed by atoms with E-state index in [0.717, 1.165) is 18.9 Å². The summed E-state index contributed by atoms with van der Waals surface area (Å²) in [6.07, 6.45) is 5.12. The summed E-state index contributed by atoms with van der Waals surface area (Å²) in [6, 6.07) is 0. The van der Waals surface area contributed by atoms with Gasteiger partial charge >= 0.3 is 0 Å². The summed E-state index contributed by atoms with van der Waals surface area (Å²) in [7, 11) is 4.23. The molecule has 0 saturated carbocycles. The smallest absolute Gasteiger partial charge is 0.000967 e. The van der Waals surface area contributed by atoms with Gasteiger partial charge in [-0.05, 0) is 58.8 Å². The Labute approximate surface area is 88.4 Å². The topological polar surface area (TPSA) is 15.3 Å². The predicted molar refractivity (Wildman–Crippen MR) is 62.5 cm³/mol. The Kier molecular flexibility index (Phi) is 5.20. The van der Waals surface area contributed by atoms with E-state index in [1.165, 1.54) is 37.9 Å². The van der Waals surface area contributed by atoms with E-state index in [1.54, 1.807) is 0 Å². The van der Waals surface area contributed by atoms with Gasteiger partial charge in [0.1, 0.15) is 0 Å². The van der Waals surface area contributed by atoms with Crippen molar-refractivity contribution in [3.05, 3.63) is 12.2 Å². The van der Waals surface area contributed by atoms with E-state index in [-0.39, 0.29) is 0 Å². The standard InChI is InChI=1S/C12H24N2/c1-11(6-7-13-2)9-12-5-4-8-14(3)10-12/h12-13H,1,4-10H2,2-3H3. The third-order valence-corrected chi connectivity index (χ3v) is 3.03. The van der Waals surface area contributed by atoms with Crippen molar-refractivity contribution < 1.29 is 0 Å². The molecule has 1 heterocycles. The molecular formula is C12H24N2. The molecule has 1 fully saturated rings. The molecule has 0 amide bonds. The first-order valence-corrected chi connectivity index (χ1v) is 5.72. The number of rotatable bonds is 5. The summed E-state index contributed by atoms with van der Waals surface area (Å²) in [5.41, 5.74) is 1.42. The fourth-order valence-electron chi connectivity index (χ4n) is 2.25. The maximum atomic E-state index is 4.15. The average molecular weight is 196 g/mol. The molecular weight excluding hydrogens is 172 g/mol. The van der Waals surface area contributed by atoms with E-state index in [4.69, 9.17) is 0 Å². The molecule has 82 valence electrons. The molecule has 14 heavy (non-hydrogen) atoms. The SMILES string of the molecule is C=C(CCNC)CC1CCCN(C)C1. The van der Waals surface area contributed by atoms with Crippen LogP contribution >= 0.6 is 0 Å². The Morgan fingerprint density at radius 3 is 3.00 bits per heavy atom. The number of hydrogen-bond donors (Lipinski definition) is 1. The zero-order chi connectivity index (χ0) is 10.4. The maximum Gasteiger partial charge on any atom is 0.000967 e. The second kappa shape index (κ2) is 6.20. The first kappa shape index (κ1) is 11.7. The van der Waals surface area contributed by atoms with Crippen LogP contribution in [0.4, 0.5) is 0 Å². The fraction of sp³-hybridized carbons (Fsp3) is 0.833. The van der Waals surface area contributed by atoms with Crippen molar-refractivity contribution in [3.8, 4) is 0 Å². The van der Waals surface area contributed by atoms with Crippen molar-refractivity contribution in [2.45, 2.75) is 25.7 Å². The highest BCUT2D eigenvalue weighted by Crippen LogP contribution is 2.22. The molecule has 1 N–H and O–H groups in total. The highest BCUT2D eigenvalue weighted by atomic mass is 15.1. The van der Waals surface area contributed by atoms with E-state index < -0.39 is 0 Å². The lowest BCUT2D eigenvalue weighted by Crippen LogP contribution is -2.32. The van der Waals surface area contributed by atoms with Gasteiger partial charge in [-0.25, -0.2) is 0 Å². The summed E-state index contributed by atoms with van der Waals surface area (Å²) in [6.45, 7) is 7.76. The normalized spacial score (nSPS) is 23.7. The van der Waals surface area contributed by atoms with Crippen LogP contribution in [0.3, 0.4) is 0 Å². The van der Waals surface area contributed by atoms with Crippen LogP contribution in [-0.4, -0.2) is 38.6 Å². The summed E-state index contributed by atoms with van der Waals surface area (Å²) >= 11 is 0. The van der Waals surface area contributed by atoms with Crippen molar-refractivity contribution in [2.75, 3.05) is 33.7 Å². The molecule has 0 aliphatic carbocycles. The van der Waals surface area contributed by atoms with Crippen LogP contribution in [0.15, 0.2) is 12.2 Å². The number of hydrogen-bond acceptors (Lipinski definition) is 2. The summed E-state index contributed by atoms with van der Waals surface area (Å²) < 4.78 is 0. The van der Waals surface area contributed by atoms with Gasteiger partial charge in [-0.1, -0.05) is 12.2 Å². The minimum Gasteiger partial charge on any atom is -0.319 e. The van der Waals surface area contributed by atoms with E-state index in [2.05, 4.69) is 23.8 Å². The molecule has 0 aromatic heterocycles. The lowest BCUT2D eigenvalue weighted by Gasteiger charge is -2.30. The second-order valence-electron chi connectivity index (χ2n) is 4.58. The molecule has 0 radical (unpaired) electrons. The van der Waals surface area contributed by atoms with Crippen LogP contribution in [0.5, 0.6) is 0 Å². The summed E-state index contributed by atoms with van der Waals surface area (Å²) in [5.74, 6) is 0.859. The monoisotopic (exact) mass is 196 g/mol. The molecule has 2 heteroatoms. The number of nitrogens with one attached hydrogen (secondary N) is 1. The number of piperidine rings is 1. The lowest BCUT2D eigenvalue weighted by molar-refractivity contribution is 0.208. The van der Waals surface area contributed by atoms with Crippen LogP contribution < -0.4 is 5.32 Å². The largest absolute Gasteiger partial charge is 0.319 e. The lowest BCUT2D eigenvalue weighted by atomic mass is 9.91. The third kappa shape index (κ3) is 4.25. The van der Waals surface area contributed by atoms with E-state index in [1.807, 2.05) is 7.05 Å². The zero-order valence-corrected chi connectivity index (χ0v) is 9.68. The zero-order valence-electron chi connectivity index (χ0n) is 9.68. The van der Waals surface area contributed by atoms with Gasteiger partial charge in [-0.15, -0.1) is 0 Å². The molecule has 0 aromatic rings. The molecule has 1 atom stereocenters. The number of nitrogens with zero attached hydrogens (tertiary/aromatic N) is 1. The number of likely N-dealkylation sites (tertiary alicyclic amines) is 1. The summed E-state index contributed by atoms with van der Waals surface area (Å²) in [5, 5.41) is 3.17. The van der Waals surface area contributed by atoms with Crippen LogP contribution in [-0.2, 0) is 0 Å². The van der Waals surface area contributed by atoms with Crippen LogP contribution in [0.25, 0.3) is 0 Å². The van der Waals surface area contributed by atoms with Gasteiger partial charge in [0.05, 0.1) is 0 Å². The van der Waals surface area contributed by atoms with Gasteiger partial charge in [-0.2, -0.15) is 0 Å². The summed E-state index contributed by atoms with van der Waals surface area (Å²) in [4.78, 5) is 2.44. The molecule has 1 unspecified atom stereocenters. The Morgan fingerprint density at radius 1 is 1.57 bits per heavy atom. The van der Waals surface area contributed by atoms with Crippen LogP contribution in [0.1, 0.15) is 25.7 Å². The average Bonchev–Trinajstić information content (AvgIpc) is 2.15. The minimum absolute atomic E-state index is 0.859. The quantitative estimate of drug-likeness (QED) is 0.675. The Hall–Kier alpha value is -0.340. The highest BCUT2D eigenvalue weighted by molar-refractivity contribution is 4.97. The second-order valence-corrected chi connectivity index (χ2v) is 4.58. The first-order valence-electron chi connectivity index (χ1n) is 5.72. The van der Waals surface area contributed by atoms with Gasteiger partial charge in [0.2, 0.25) is 0 Å². The van der Waals surface area contributed by atoms with E-state index in [9.17, 15) is 0 Å². The molecule has 1 aliphatic heterocycles. The molecule has 0 aromatic carbocycles. The molecule has 1 rings (SSSR count). The van der Waals surface area contributed by atoms with Crippen LogP contribution in [0.2, 0.25) is 0 Å². The molecule has 1 saturated heterocycles. The Bertz CT molecular complexity index is 177. The molecule has 0 spiro atoms. The van der Waals surface area contributed by atoms with E-state index >= 15 is 0 Å². The maximum absolute atomic E-state index is 4.15. The first-order chi connectivity index (χ1) is 6.72. The van der Waals surface area contributed by atoms with E-state index in [0.29, 0.717) is 0 Å². The van der Waals surface area contributed by atoms with Gasteiger partial charge in [0, 0.05) is 6.54 Å². The van der Waals surface area contributed by atoms with Crippen molar-refractivity contribution in [3.63, 3.8) is 0 Å². The minimum atomic E-state index is 0.859. The van der Waals surface area contributed by atoms with Crippen molar-refractivity contribution >= 4 is 0 Å². The Morgan fingerprint density at radius 2 is 2.36 bits per heavy atom.